The zero-order chi connectivity index (χ0) is 11.7. The van der Waals surface area contributed by atoms with Crippen LogP contribution >= 0.6 is 0 Å². The molecule has 1 aromatic heterocycles. The van der Waals surface area contributed by atoms with Gasteiger partial charge in [-0.25, -0.2) is 9.78 Å². The van der Waals surface area contributed by atoms with Gasteiger partial charge in [0.1, 0.15) is 5.82 Å². The molecule has 1 aromatic carbocycles. The highest BCUT2D eigenvalue weighted by molar-refractivity contribution is 5.60. The molecule has 6 nitrogen and oxygen atoms in total. The van der Waals surface area contributed by atoms with E-state index in [0.29, 0.717) is 11.4 Å². The number of phenols is 2. The third-order valence-corrected chi connectivity index (χ3v) is 2.00. The molecule has 16 heavy (non-hydrogen) atoms. The van der Waals surface area contributed by atoms with Gasteiger partial charge in [-0.2, -0.15) is 4.98 Å². The van der Waals surface area contributed by atoms with Gasteiger partial charge in [-0.05, 0) is 25.1 Å². The maximum absolute atomic E-state index is 11.1. The Morgan fingerprint density at radius 2 is 1.94 bits per heavy atom. The van der Waals surface area contributed by atoms with Crippen molar-refractivity contribution in [1.82, 2.24) is 15.0 Å². The van der Waals surface area contributed by atoms with Gasteiger partial charge < -0.3 is 10.2 Å². The van der Waals surface area contributed by atoms with E-state index in [2.05, 4.69) is 15.0 Å². The summed E-state index contributed by atoms with van der Waals surface area (Å²) in [6.45, 7) is 1.63. The largest absolute Gasteiger partial charge is 0.504 e. The third kappa shape index (κ3) is 1.85. The fraction of sp³-hybridized carbons (Fsp3) is 0.100. The molecule has 2 aromatic rings. The summed E-state index contributed by atoms with van der Waals surface area (Å²) in [5.41, 5.74) is -0.0421. The molecule has 3 N–H and O–H groups in total. The monoisotopic (exact) mass is 219 g/mol. The maximum atomic E-state index is 11.1. The number of aryl methyl sites for hydroxylation is 1. The second-order valence-corrected chi connectivity index (χ2v) is 3.27. The van der Waals surface area contributed by atoms with E-state index >= 15 is 0 Å². The van der Waals surface area contributed by atoms with E-state index in [1.165, 1.54) is 18.2 Å². The van der Waals surface area contributed by atoms with Crippen molar-refractivity contribution < 1.29 is 10.2 Å². The maximum Gasteiger partial charge on any atom is 0.348 e. The van der Waals surface area contributed by atoms with Gasteiger partial charge in [0.25, 0.3) is 0 Å². The smallest absolute Gasteiger partial charge is 0.348 e. The van der Waals surface area contributed by atoms with Gasteiger partial charge in [-0.15, -0.1) is 0 Å². The van der Waals surface area contributed by atoms with Gasteiger partial charge >= 0.3 is 5.69 Å². The average Bonchev–Trinajstić information content (AvgIpc) is 2.20. The second-order valence-electron chi connectivity index (χ2n) is 3.27. The van der Waals surface area contributed by atoms with Crippen molar-refractivity contribution in [2.75, 3.05) is 0 Å². The number of aromatic hydroxyl groups is 2. The van der Waals surface area contributed by atoms with Crippen molar-refractivity contribution in [3.63, 3.8) is 0 Å². The highest BCUT2D eigenvalue weighted by Gasteiger charge is 2.06. The molecule has 0 fully saturated rings. The van der Waals surface area contributed by atoms with Crippen molar-refractivity contribution >= 4 is 0 Å². The number of benzene rings is 1. The number of hydrogen-bond acceptors (Lipinski definition) is 5. The van der Waals surface area contributed by atoms with Crippen LogP contribution in [0.1, 0.15) is 5.82 Å². The van der Waals surface area contributed by atoms with Crippen LogP contribution in [0.3, 0.4) is 0 Å². The van der Waals surface area contributed by atoms with E-state index in [4.69, 9.17) is 5.11 Å². The minimum Gasteiger partial charge on any atom is -0.504 e. The molecule has 82 valence electrons. The molecule has 2 rings (SSSR count). The highest BCUT2D eigenvalue weighted by Crippen LogP contribution is 2.28. The van der Waals surface area contributed by atoms with E-state index in [-0.39, 0.29) is 17.3 Å². The fourth-order valence-electron chi connectivity index (χ4n) is 1.28. The first-order chi connectivity index (χ1) is 7.56. The SMILES string of the molecule is Cc1nc(-c2ccc(O)c(O)c2)nc(=O)[nH]1. The molecule has 0 amide bonds. The number of aromatic nitrogens is 3. The number of aromatic amines is 1. The summed E-state index contributed by atoms with van der Waals surface area (Å²) in [5.74, 6) is 0.128. The van der Waals surface area contributed by atoms with Crippen LogP contribution in [-0.2, 0) is 0 Å². The fourth-order valence-corrected chi connectivity index (χ4v) is 1.28. The summed E-state index contributed by atoms with van der Waals surface area (Å²) < 4.78 is 0. The molecule has 0 spiro atoms. The molecular formula is C10H9N3O3. The van der Waals surface area contributed by atoms with Crippen LogP contribution in [0.4, 0.5) is 0 Å². The van der Waals surface area contributed by atoms with E-state index in [1.54, 1.807) is 6.92 Å². The summed E-state index contributed by atoms with van der Waals surface area (Å²) >= 11 is 0. The number of rotatable bonds is 1. The number of H-pyrrole nitrogens is 1. The molecule has 1 heterocycles. The standard InChI is InChI=1S/C10H9N3O3/c1-5-11-9(13-10(16)12-5)6-2-3-7(14)8(15)4-6/h2-4,14-15H,1H3,(H,11,12,13,16). The molecular weight excluding hydrogens is 210 g/mol. The summed E-state index contributed by atoms with van der Waals surface area (Å²) in [7, 11) is 0. The van der Waals surface area contributed by atoms with Crippen LogP contribution in [0.15, 0.2) is 23.0 Å². The Labute approximate surface area is 90.3 Å². The van der Waals surface area contributed by atoms with Gasteiger partial charge in [0.2, 0.25) is 0 Å². The van der Waals surface area contributed by atoms with Crippen LogP contribution in [0.25, 0.3) is 11.4 Å². The van der Waals surface area contributed by atoms with Crippen molar-refractivity contribution in [1.29, 1.82) is 0 Å². The van der Waals surface area contributed by atoms with Crippen molar-refractivity contribution in [2.24, 2.45) is 0 Å². The zero-order valence-electron chi connectivity index (χ0n) is 8.43. The van der Waals surface area contributed by atoms with Crippen LogP contribution in [-0.4, -0.2) is 25.2 Å². The lowest BCUT2D eigenvalue weighted by atomic mass is 10.2. The Morgan fingerprint density at radius 3 is 2.56 bits per heavy atom. The predicted octanol–water partition coefficient (Wildman–Crippen LogP) is 0.552. The van der Waals surface area contributed by atoms with Crippen molar-refractivity contribution in [3.05, 3.63) is 34.5 Å². The summed E-state index contributed by atoms with van der Waals surface area (Å²) in [4.78, 5) is 21.2. The molecule has 0 atom stereocenters. The topological polar surface area (TPSA) is 99.1 Å². The normalized spacial score (nSPS) is 10.3. The van der Waals surface area contributed by atoms with Gasteiger partial charge in [-0.3, -0.25) is 4.98 Å². The molecule has 0 saturated carbocycles. The molecule has 0 aliphatic heterocycles. The number of nitrogens with zero attached hydrogens (tertiary/aromatic N) is 2. The summed E-state index contributed by atoms with van der Waals surface area (Å²) in [6.07, 6.45) is 0. The van der Waals surface area contributed by atoms with Crippen molar-refractivity contribution in [2.45, 2.75) is 6.92 Å². The Balaban J connectivity index is 2.58. The molecule has 0 radical (unpaired) electrons. The molecule has 0 aliphatic carbocycles. The Morgan fingerprint density at radius 1 is 1.19 bits per heavy atom. The van der Waals surface area contributed by atoms with Crippen LogP contribution in [0.2, 0.25) is 0 Å². The minimum absolute atomic E-state index is 0.205. The summed E-state index contributed by atoms with van der Waals surface area (Å²) in [6, 6.07) is 4.12. The first kappa shape index (κ1) is 10.2. The number of phenolic OH excluding ortho intramolecular Hbond substituents is 2. The Bertz CT molecular complexity index is 592. The number of nitrogens with one attached hydrogen (secondary N) is 1. The Kier molecular flexibility index (Phi) is 2.32. The zero-order valence-corrected chi connectivity index (χ0v) is 8.43. The highest BCUT2D eigenvalue weighted by atomic mass is 16.3. The lowest BCUT2D eigenvalue weighted by Crippen LogP contribution is -2.14. The minimum atomic E-state index is -0.505. The van der Waals surface area contributed by atoms with Crippen LogP contribution < -0.4 is 5.69 Å². The molecule has 0 unspecified atom stereocenters. The first-order valence-electron chi connectivity index (χ1n) is 4.53. The lowest BCUT2D eigenvalue weighted by molar-refractivity contribution is 0.404. The van der Waals surface area contributed by atoms with Gasteiger partial charge in [-0.1, -0.05) is 0 Å². The number of hydrogen-bond donors (Lipinski definition) is 3. The molecule has 0 bridgehead atoms. The molecule has 6 heteroatoms. The third-order valence-electron chi connectivity index (χ3n) is 2.00. The van der Waals surface area contributed by atoms with E-state index < -0.39 is 5.69 Å². The Hall–Kier alpha value is -2.37. The van der Waals surface area contributed by atoms with E-state index in [1.807, 2.05) is 0 Å². The van der Waals surface area contributed by atoms with Gasteiger partial charge in [0, 0.05) is 5.56 Å². The predicted molar refractivity (Wildman–Crippen MR) is 56.2 cm³/mol. The molecule has 0 aliphatic rings. The summed E-state index contributed by atoms with van der Waals surface area (Å²) in [5, 5.41) is 18.4. The molecule has 0 saturated heterocycles. The van der Waals surface area contributed by atoms with E-state index in [9.17, 15) is 9.90 Å². The van der Waals surface area contributed by atoms with E-state index in [0.717, 1.165) is 0 Å². The first-order valence-corrected chi connectivity index (χ1v) is 4.53. The van der Waals surface area contributed by atoms with Crippen molar-refractivity contribution in [3.8, 4) is 22.9 Å². The second kappa shape index (κ2) is 3.65. The van der Waals surface area contributed by atoms with Gasteiger partial charge in [0.05, 0.1) is 0 Å². The van der Waals surface area contributed by atoms with Crippen LogP contribution in [0.5, 0.6) is 11.5 Å². The quantitative estimate of drug-likeness (QED) is 0.608. The average molecular weight is 219 g/mol. The van der Waals surface area contributed by atoms with Crippen LogP contribution in [0, 0.1) is 6.92 Å². The lowest BCUT2D eigenvalue weighted by Gasteiger charge is -2.02. The van der Waals surface area contributed by atoms with Gasteiger partial charge in [0.15, 0.2) is 17.3 Å².